The van der Waals surface area contributed by atoms with Crippen molar-refractivity contribution in [2.45, 2.75) is 124 Å². The normalized spacial score (nSPS) is 48.8. The lowest BCUT2D eigenvalue weighted by Gasteiger charge is -2.63. The monoisotopic (exact) mass is 401 g/mol. The van der Waals surface area contributed by atoms with Crippen molar-refractivity contribution >= 4 is 0 Å². The summed E-state index contributed by atoms with van der Waals surface area (Å²) in [6.07, 6.45) is 16.4. The fraction of sp³-hybridized carbons (Fsp3) is 1.00. The van der Waals surface area contributed by atoms with Gasteiger partial charge in [0, 0.05) is 12.1 Å². The second-order valence-electron chi connectivity index (χ2n) is 13.1. The summed E-state index contributed by atoms with van der Waals surface area (Å²) in [5, 5.41) is 0. The molecule has 0 N–H and O–H groups in total. The fourth-order valence-electron chi connectivity index (χ4n) is 9.51. The molecule has 0 aromatic carbocycles. The molecule has 0 radical (unpaired) electrons. The van der Waals surface area contributed by atoms with Gasteiger partial charge in [-0.25, -0.2) is 0 Å². The Morgan fingerprint density at radius 1 is 0.828 bits per heavy atom. The van der Waals surface area contributed by atoms with Crippen LogP contribution in [0.4, 0.5) is 0 Å². The van der Waals surface area contributed by atoms with Crippen LogP contribution in [0.5, 0.6) is 0 Å². The first kappa shape index (κ1) is 22.2. The molecule has 0 bridgehead atoms. The Hall–Kier alpha value is -0.0400. The van der Waals surface area contributed by atoms with E-state index in [9.17, 15) is 0 Å². The SMILES string of the molecule is CC(C)CCC[C@@H](C)[C@H]1CC[C@H]2[C@@H]3CC[C@H]4N(C)C(C)CC[C@]4(C)[C@H]3CC[C@]12C. The molecule has 0 aromatic rings. The summed E-state index contributed by atoms with van der Waals surface area (Å²) >= 11 is 0. The highest BCUT2D eigenvalue weighted by molar-refractivity contribution is 5.11. The zero-order valence-corrected chi connectivity index (χ0v) is 20.8. The van der Waals surface area contributed by atoms with E-state index in [1.807, 2.05) is 0 Å². The maximum absolute atomic E-state index is 2.78. The van der Waals surface area contributed by atoms with E-state index in [1.165, 1.54) is 64.2 Å². The van der Waals surface area contributed by atoms with Crippen LogP contribution >= 0.6 is 0 Å². The molecule has 29 heavy (non-hydrogen) atoms. The number of hydrogen-bond acceptors (Lipinski definition) is 1. The Morgan fingerprint density at radius 2 is 1.52 bits per heavy atom. The van der Waals surface area contributed by atoms with Gasteiger partial charge in [-0.1, -0.05) is 53.9 Å². The lowest BCUT2D eigenvalue weighted by atomic mass is 9.46. The first-order chi connectivity index (χ1) is 13.7. The van der Waals surface area contributed by atoms with Crippen LogP contribution in [0.25, 0.3) is 0 Å². The van der Waals surface area contributed by atoms with E-state index < -0.39 is 0 Å². The van der Waals surface area contributed by atoms with Gasteiger partial charge in [0.1, 0.15) is 0 Å². The molecule has 1 unspecified atom stereocenters. The first-order valence-electron chi connectivity index (χ1n) is 13.4. The highest BCUT2D eigenvalue weighted by Crippen LogP contribution is 2.67. The van der Waals surface area contributed by atoms with Gasteiger partial charge in [0.2, 0.25) is 0 Å². The summed E-state index contributed by atoms with van der Waals surface area (Å²) in [7, 11) is 2.43. The summed E-state index contributed by atoms with van der Waals surface area (Å²) in [6.45, 7) is 15.3. The maximum Gasteiger partial charge on any atom is 0.0152 e. The van der Waals surface area contributed by atoms with Crippen molar-refractivity contribution in [1.29, 1.82) is 0 Å². The van der Waals surface area contributed by atoms with Crippen LogP contribution in [0.1, 0.15) is 112 Å². The third kappa shape index (κ3) is 3.64. The highest BCUT2D eigenvalue weighted by Gasteiger charge is 2.61. The van der Waals surface area contributed by atoms with Gasteiger partial charge in [-0.15, -0.1) is 0 Å². The van der Waals surface area contributed by atoms with E-state index in [2.05, 4.69) is 53.5 Å². The second-order valence-corrected chi connectivity index (χ2v) is 13.1. The van der Waals surface area contributed by atoms with Crippen LogP contribution < -0.4 is 0 Å². The number of rotatable bonds is 5. The van der Waals surface area contributed by atoms with Crippen LogP contribution in [0.2, 0.25) is 0 Å². The van der Waals surface area contributed by atoms with Crippen molar-refractivity contribution < 1.29 is 0 Å². The molecule has 0 spiro atoms. The van der Waals surface area contributed by atoms with Crippen molar-refractivity contribution in [3.05, 3.63) is 0 Å². The molecule has 3 aliphatic carbocycles. The molecule has 3 saturated carbocycles. The molecule has 1 saturated heterocycles. The van der Waals surface area contributed by atoms with Crippen molar-refractivity contribution in [2.24, 2.45) is 46.3 Å². The van der Waals surface area contributed by atoms with E-state index in [4.69, 9.17) is 0 Å². The Bertz CT molecular complexity index is 569. The Morgan fingerprint density at radius 3 is 2.24 bits per heavy atom. The number of likely N-dealkylation sites (tertiary alicyclic amines) is 1. The average molecular weight is 402 g/mol. The number of piperidine rings is 1. The van der Waals surface area contributed by atoms with E-state index in [0.717, 1.165) is 47.6 Å². The molecule has 4 rings (SSSR count). The zero-order valence-electron chi connectivity index (χ0n) is 20.8. The van der Waals surface area contributed by atoms with Crippen LogP contribution in [0, 0.1) is 46.3 Å². The lowest BCUT2D eigenvalue weighted by Crippen LogP contribution is -2.61. The topological polar surface area (TPSA) is 3.24 Å². The van der Waals surface area contributed by atoms with E-state index in [-0.39, 0.29) is 0 Å². The molecule has 4 aliphatic rings. The average Bonchev–Trinajstić information content (AvgIpc) is 3.02. The molecule has 0 aromatic heterocycles. The summed E-state index contributed by atoms with van der Waals surface area (Å²) in [6, 6.07) is 1.64. The minimum absolute atomic E-state index is 0.590. The molecule has 1 nitrogen and oxygen atoms in total. The summed E-state index contributed by atoms with van der Waals surface area (Å²) in [5.74, 6) is 5.88. The Labute approximate surface area is 182 Å². The smallest absolute Gasteiger partial charge is 0.0152 e. The van der Waals surface area contributed by atoms with Crippen molar-refractivity contribution in [3.8, 4) is 0 Å². The van der Waals surface area contributed by atoms with Gasteiger partial charge in [0.25, 0.3) is 0 Å². The van der Waals surface area contributed by atoms with Gasteiger partial charge >= 0.3 is 0 Å². The maximum atomic E-state index is 2.78. The van der Waals surface area contributed by atoms with Gasteiger partial charge in [0.05, 0.1) is 0 Å². The number of hydrogen-bond donors (Lipinski definition) is 0. The standard InChI is InChI=1S/C28H51N/c1-19(2)9-8-10-20(3)23-12-13-24-22-11-14-26-28(6,17-15-21(4)29(26)7)25(22)16-18-27(23,24)5/h19-26H,8-18H2,1-7H3/t20-,21?,22+,23-,24+,25+,26-,27-,28-/m1/s1. The molecule has 1 aliphatic heterocycles. The zero-order chi connectivity index (χ0) is 21.0. The first-order valence-corrected chi connectivity index (χ1v) is 13.4. The van der Waals surface area contributed by atoms with Crippen molar-refractivity contribution in [1.82, 2.24) is 4.90 Å². The predicted octanol–water partition coefficient (Wildman–Crippen LogP) is 7.79. The van der Waals surface area contributed by atoms with E-state index in [0.29, 0.717) is 10.8 Å². The van der Waals surface area contributed by atoms with Crippen molar-refractivity contribution in [2.75, 3.05) is 7.05 Å². The molecule has 1 heterocycles. The molecular formula is C28H51N. The summed E-state index contributed by atoms with van der Waals surface area (Å²) in [5.41, 5.74) is 1.24. The van der Waals surface area contributed by atoms with Crippen molar-refractivity contribution in [3.63, 3.8) is 0 Å². The van der Waals surface area contributed by atoms with Gasteiger partial charge in [-0.05, 0) is 112 Å². The van der Waals surface area contributed by atoms with Gasteiger partial charge in [0.15, 0.2) is 0 Å². The molecule has 0 amide bonds. The molecule has 168 valence electrons. The van der Waals surface area contributed by atoms with Crippen LogP contribution in [-0.4, -0.2) is 24.0 Å². The fourth-order valence-corrected chi connectivity index (χ4v) is 9.51. The van der Waals surface area contributed by atoms with Crippen LogP contribution in [-0.2, 0) is 0 Å². The number of nitrogens with zero attached hydrogens (tertiary/aromatic N) is 1. The predicted molar refractivity (Wildman–Crippen MR) is 126 cm³/mol. The van der Waals surface area contributed by atoms with Crippen LogP contribution in [0.15, 0.2) is 0 Å². The molecule has 9 atom stereocenters. The highest BCUT2D eigenvalue weighted by atomic mass is 15.2. The largest absolute Gasteiger partial charge is 0.300 e. The second kappa shape index (κ2) is 8.14. The van der Waals surface area contributed by atoms with Crippen LogP contribution in [0.3, 0.4) is 0 Å². The minimum atomic E-state index is 0.590. The van der Waals surface area contributed by atoms with Gasteiger partial charge in [-0.3, -0.25) is 0 Å². The lowest BCUT2D eigenvalue weighted by molar-refractivity contribution is -0.135. The third-order valence-corrected chi connectivity index (χ3v) is 11.3. The minimum Gasteiger partial charge on any atom is -0.300 e. The molecule has 1 heteroatoms. The summed E-state index contributed by atoms with van der Waals surface area (Å²) < 4.78 is 0. The quantitative estimate of drug-likeness (QED) is 0.454. The Kier molecular flexibility index (Phi) is 6.22. The molecular weight excluding hydrogens is 350 g/mol. The third-order valence-electron chi connectivity index (χ3n) is 11.3. The van der Waals surface area contributed by atoms with Gasteiger partial charge in [-0.2, -0.15) is 0 Å². The number of fused-ring (bicyclic) bond motifs is 5. The van der Waals surface area contributed by atoms with Gasteiger partial charge < -0.3 is 4.90 Å². The molecule has 4 fully saturated rings. The van der Waals surface area contributed by atoms with E-state index in [1.54, 1.807) is 6.42 Å². The summed E-state index contributed by atoms with van der Waals surface area (Å²) in [4.78, 5) is 2.78. The van der Waals surface area contributed by atoms with E-state index >= 15 is 0 Å². The Balaban J connectivity index is 1.48.